The second-order valence-corrected chi connectivity index (χ2v) is 5.87. The van der Waals surface area contributed by atoms with Crippen LogP contribution in [0.3, 0.4) is 0 Å². The predicted octanol–water partition coefficient (Wildman–Crippen LogP) is 1.30. The van der Waals surface area contributed by atoms with Crippen LogP contribution in [-0.4, -0.2) is 49.2 Å². The highest BCUT2D eigenvalue weighted by atomic mass is 16.5. The zero-order valence-electron chi connectivity index (χ0n) is 12.3. The van der Waals surface area contributed by atoms with E-state index in [-0.39, 0.29) is 17.9 Å². The molecule has 2 aliphatic rings. The Morgan fingerprint density at radius 2 is 2.05 bits per heavy atom. The van der Waals surface area contributed by atoms with Gasteiger partial charge in [0.05, 0.1) is 18.7 Å². The van der Waals surface area contributed by atoms with Gasteiger partial charge in [0.1, 0.15) is 6.04 Å². The molecule has 112 valence electrons. The van der Waals surface area contributed by atoms with Crippen molar-refractivity contribution < 1.29 is 9.53 Å². The number of nitrogens with one attached hydrogen (secondary N) is 1. The highest BCUT2D eigenvalue weighted by molar-refractivity contribution is 5.81. The maximum absolute atomic E-state index is 12.3. The molecule has 0 aliphatic carbocycles. The van der Waals surface area contributed by atoms with Crippen molar-refractivity contribution in [1.29, 1.82) is 5.26 Å². The molecule has 0 saturated carbocycles. The Morgan fingerprint density at radius 3 is 2.60 bits per heavy atom. The monoisotopic (exact) mass is 279 g/mol. The summed E-state index contributed by atoms with van der Waals surface area (Å²) in [5, 5.41) is 12.1. The first-order chi connectivity index (χ1) is 9.72. The number of hydrogen-bond donors (Lipinski definition) is 1. The Bertz CT molecular complexity index is 353. The van der Waals surface area contributed by atoms with E-state index in [0.717, 1.165) is 32.4 Å². The van der Waals surface area contributed by atoms with Crippen LogP contribution in [0.4, 0.5) is 0 Å². The molecule has 1 amide bonds. The van der Waals surface area contributed by atoms with E-state index in [9.17, 15) is 10.1 Å². The Balaban J connectivity index is 1.87. The molecule has 2 rings (SSSR count). The van der Waals surface area contributed by atoms with E-state index in [4.69, 9.17) is 4.74 Å². The molecular formula is C15H25N3O2. The summed E-state index contributed by atoms with van der Waals surface area (Å²) in [6.45, 7) is 5.19. The van der Waals surface area contributed by atoms with Gasteiger partial charge in [-0.15, -0.1) is 0 Å². The molecule has 5 heteroatoms. The molecule has 0 aromatic rings. The number of rotatable bonds is 4. The number of ether oxygens (including phenoxy) is 1. The zero-order valence-corrected chi connectivity index (χ0v) is 12.3. The molecular weight excluding hydrogens is 254 g/mol. The molecule has 2 fully saturated rings. The fraction of sp³-hybridized carbons (Fsp3) is 0.867. The van der Waals surface area contributed by atoms with Crippen molar-refractivity contribution in [3.8, 4) is 6.07 Å². The van der Waals surface area contributed by atoms with E-state index < -0.39 is 6.04 Å². The highest BCUT2D eigenvalue weighted by Crippen LogP contribution is 2.17. The lowest BCUT2D eigenvalue weighted by atomic mass is 10.00. The quantitative estimate of drug-likeness (QED) is 0.842. The van der Waals surface area contributed by atoms with Gasteiger partial charge in [-0.05, 0) is 39.3 Å². The Hall–Kier alpha value is -1.12. The lowest BCUT2D eigenvalue weighted by Gasteiger charge is -2.28. The largest absolute Gasteiger partial charge is 0.381 e. The average Bonchev–Trinajstić information content (AvgIpc) is 2.85. The minimum Gasteiger partial charge on any atom is -0.381 e. The molecule has 20 heavy (non-hydrogen) atoms. The van der Waals surface area contributed by atoms with Gasteiger partial charge in [0.25, 0.3) is 0 Å². The third kappa shape index (κ3) is 3.94. The maximum Gasteiger partial charge on any atom is 0.238 e. The van der Waals surface area contributed by atoms with Crippen LogP contribution in [0.15, 0.2) is 0 Å². The minimum absolute atomic E-state index is 0.0228. The van der Waals surface area contributed by atoms with Crippen LogP contribution >= 0.6 is 0 Å². The van der Waals surface area contributed by atoms with Gasteiger partial charge in [0, 0.05) is 12.5 Å². The Labute approximate surface area is 121 Å². The van der Waals surface area contributed by atoms with Gasteiger partial charge in [0.2, 0.25) is 5.91 Å². The maximum atomic E-state index is 12.3. The van der Waals surface area contributed by atoms with Crippen molar-refractivity contribution in [2.45, 2.75) is 51.1 Å². The standard InChI is InChI=1S/C15H25N3O2/c1-12(18-7-4-2-3-5-8-18)15(19)17-14(10-16)13-6-9-20-11-13/h12-14H,2-9,11H2,1H3,(H,17,19)/t12-,13+,14-/m1/s1. The van der Waals surface area contributed by atoms with E-state index >= 15 is 0 Å². The number of amides is 1. The number of hydrogen-bond acceptors (Lipinski definition) is 4. The SMILES string of the molecule is C[C@H](C(=O)N[C@H](C#N)[C@H]1CCOC1)N1CCCCCC1. The molecule has 0 unspecified atom stereocenters. The molecule has 5 nitrogen and oxygen atoms in total. The summed E-state index contributed by atoms with van der Waals surface area (Å²) in [6.07, 6.45) is 5.69. The Kier molecular flexibility index (Phi) is 5.81. The van der Waals surface area contributed by atoms with E-state index in [1.807, 2.05) is 6.92 Å². The molecule has 0 bridgehead atoms. The van der Waals surface area contributed by atoms with Crippen LogP contribution in [0.2, 0.25) is 0 Å². The molecule has 3 atom stereocenters. The fourth-order valence-corrected chi connectivity index (χ4v) is 2.99. The lowest BCUT2D eigenvalue weighted by molar-refractivity contribution is -0.126. The zero-order chi connectivity index (χ0) is 14.4. The fourth-order valence-electron chi connectivity index (χ4n) is 2.99. The lowest BCUT2D eigenvalue weighted by Crippen LogP contribution is -2.50. The molecule has 2 aliphatic heterocycles. The molecule has 2 saturated heterocycles. The van der Waals surface area contributed by atoms with Gasteiger partial charge in [0.15, 0.2) is 0 Å². The van der Waals surface area contributed by atoms with Crippen molar-refractivity contribution in [3.63, 3.8) is 0 Å². The topological polar surface area (TPSA) is 65.4 Å². The molecule has 0 radical (unpaired) electrons. The first kappa shape index (κ1) is 15.3. The number of likely N-dealkylation sites (tertiary alicyclic amines) is 1. The van der Waals surface area contributed by atoms with E-state index in [1.165, 1.54) is 12.8 Å². The highest BCUT2D eigenvalue weighted by Gasteiger charge is 2.30. The van der Waals surface area contributed by atoms with Crippen LogP contribution in [0.5, 0.6) is 0 Å². The van der Waals surface area contributed by atoms with Gasteiger partial charge in [-0.1, -0.05) is 12.8 Å². The average molecular weight is 279 g/mol. The van der Waals surface area contributed by atoms with Crippen molar-refractivity contribution in [2.24, 2.45) is 5.92 Å². The number of carbonyl (C=O) groups excluding carboxylic acids is 1. The van der Waals surface area contributed by atoms with E-state index in [0.29, 0.717) is 13.2 Å². The third-order valence-corrected chi connectivity index (χ3v) is 4.44. The van der Waals surface area contributed by atoms with Gasteiger partial charge in [-0.2, -0.15) is 5.26 Å². The van der Waals surface area contributed by atoms with Crippen LogP contribution in [-0.2, 0) is 9.53 Å². The van der Waals surface area contributed by atoms with Crippen molar-refractivity contribution >= 4 is 5.91 Å². The smallest absolute Gasteiger partial charge is 0.238 e. The molecule has 0 aromatic heterocycles. The van der Waals surface area contributed by atoms with Gasteiger partial charge < -0.3 is 10.1 Å². The number of nitrogens with zero attached hydrogens (tertiary/aromatic N) is 2. The normalized spacial score (nSPS) is 27.3. The van der Waals surface area contributed by atoms with E-state index in [2.05, 4.69) is 16.3 Å². The van der Waals surface area contributed by atoms with Crippen molar-refractivity contribution in [3.05, 3.63) is 0 Å². The molecule has 2 heterocycles. The van der Waals surface area contributed by atoms with Gasteiger partial charge in [-0.3, -0.25) is 9.69 Å². The second-order valence-electron chi connectivity index (χ2n) is 5.87. The summed E-state index contributed by atoms with van der Waals surface area (Å²) >= 11 is 0. The number of nitriles is 1. The third-order valence-electron chi connectivity index (χ3n) is 4.44. The first-order valence-electron chi connectivity index (χ1n) is 7.74. The van der Waals surface area contributed by atoms with Crippen LogP contribution in [0, 0.1) is 17.2 Å². The van der Waals surface area contributed by atoms with Gasteiger partial charge >= 0.3 is 0 Å². The molecule has 0 aromatic carbocycles. The van der Waals surface area contributed by atoms with Crippen LogP contribution in [0.25, 0.3) is 0 Å². The summed E-state index contributed by atoms with van der Waals surface area (Å²) in [4.78, 5) is 14.6. The molecule has 0 spiro atoms. The summed E-state index contributed by atoms with van der Waals surface area (Å²) in [5.41, 5.74) is 0. The van der Waals surface area contributed by atoms with Crippen LogP contribution in [0.1, 0.15) is 39.0 Å². The number of carbonyl (C=O) groups is 1. The second kappa shape index (κ2) is 7.61. The van der Waals surface area contributed by atoms with Crippen molar-refractivity contribution in [1.82, 2.24) is 10.2 Å². The summed E-state index contributed by atoms with van der Waals surface area (Å²) in [5.74, 6) is 0.116. The minimum atomic E-state index is -0.417. The summed E-state index contributed by atoms with van der Waals surface area (Å²) < 4.78 is 5.30. The Morgan fingerprint density at radius 1 is 1.35 bits per heavy atom. The summed E-state index contributed by atoms with van der Waals surface area (Å²) in [7, 11) is 0. The first-order valence-corrected chi connectivity index (χ1v) is 7.74. The van der Waals surface area contributed by atoms with E-state index in [1.54, 1.807) is 0 Å². The van der Waals surface area contributed by atoms with Gasteiger partial charge in [-0.25, -0.2) is 0 Å². The van der Waals surface area contributed by atoms with Crippen LogP contribution < -0.4 is 5.32 Å². The van der Waals surface area contributed by atoms with Crippen molar-refractivity contribution in [2.75, 3.05) is 26.3 Å². The molecule has 1 N–H and O–H groups in total. The summed E-state index contributed by atoms with van der Waals surface area (Å²) in [6, 6.07) is 1.65. The predicted molar refractivity (Wildman–Crippen MR) is 76.0 cm³/mol.